The number of fused-ring (bicyclic) bond motifs is 1. The van der Waals surface area contributed by atoms with Gasteiger partial charge in [-0.15, -0.1) is 0 Å². The summed E-state index contributed by atoms with van der Waals surface area (Å²) in [4.78, 5) is 16.4. The Labute approximate surface area is 131 Å². The van der Waals surface area contributed by atoms with Crippen molar-refractivity contribution in [3.63, 3.8) is 0 Å². The van der Waals surface area contributed by atoms with E-state index in [-0.39, 0.29) is 5.91 Å². The fourth-order valence-electron chi connectivity index (χ4n) is 2.16. The van der Waals surface area contributed by atoms with E-state index < -0.39 is 0 Å². The number of aromatic nitrogens is 1. The maximum absolute atomic E-state index is 12.1. The van der Waals surface area contributed by atoms with E-state index >= 15 is 0 Å². The van der Waals surface area contributed by atoms with Crippen LogP contribution < -0.4 is 5.32 Å². The predicted octanol–water partition coefficient (Wildman–Crippen LogP) is 3.93. The molecule has 1 N–H and O–H groups in total. The SMILES string of the molecule is O=C(NCc1ccc2ncccc2c1)c1ccccc1Br. The normalized spacial score (nSPS) is 10.5. The molecule has 3 nitrogen and oxygen atoms in total. The summed E-state index contributed by atoms with van der Waals surface area (Å²) in [5, 5.41) is 4.01. The number of nitrogens with zero attached hydrogens (tertiary/aromatic N) is 1. The molecule has 0 saturated carbocycles. The molecule has 0 saturated heterocycles. The number of carbonyl (C=O) groups excluding carboxylic acids is 1. The van der Waals surface area contributed by atoms with Crippen LogP contribution in [0.3, 0.4) is 0 Å². The van der Waals surface area contributed by atoms with E-state index in [1.807, 2.05) is 48.5 Å². The molecule has 0 spiro atoms. The lowest BCUT2D eigenvalue weighted by atomic mass is 10.1. The fraction of sp³-hybridized carbons (Fsp3) is 0.0588. The number of carbonyl (C=O) groups is 1. The maximum atomic E-state index is 12.1. The molecule has 3 aromatic rings. The maximum Gasteiger partial charge on any atom is 0.252 e. The highest BCUT2D eigenvalue weighted by molar-refractivity contribution is 9.10. The zero-order chi connectivity index (χ0) is 14.7. The molecule has 0 atom stereocenters. The van der Waals surface area contributed by atoms with Gasteiger partial charge in [-0.1, -0.05) is 24.3 Å². The van der Waals surface area contributed by atoms with Crippen LogP contribution in [-0.4, -0.2) is 10.9 Å². The lowest BCUT2D eigenvalue weighted by molar-refractivity contribution is 0.0950. The molecule has 0 bridgehead atoms. The quantitative estimate of drug-likeness (QED) is 0.784. The minimum atomic E-state index is -0.0891. The lowest BCUT2D eigenvalue weighted by Crippen LogP contribution is -2.23. The Morgan fingerprint density at radius 1 is 1.10 bits per heavy atom. The van der Waals surface area contributed by atoms with Crippen molar-refractivity contribution in [2.24, 2.45) is 0 Å². The van der Waals surface area contributed by atoms with Gasteiger partial charge in [-0.05, 0) is 51.8 Å². The average Bonchev–Trinajstić information content (AvgIpc) is 2.53. The Bertz CT molecular complexity index is 801. The molecule has 1 amide bonds. The number of rotatable bonds is 3. The first-order valence-corrected chi connectivity index (χ1v) is 7.40. The molecule has 21 heavy (non-hydrogen) atoms. The second kappa shape index (κ2) is 6.06. The van der Waals surface area contributed by atoms with E-state index in [2.05, 4.69) is 26.2 Å². The molecule has 104 valence electrons. The van der Waals surface area contributed by atoms with Gasteiger partial charge in [0.15, 0.2) is 0 Å². The van der Waals surface area contributed by atoms with Crippen molar-refractivity contribution in [3.8, 4) is 0 Å². The number of hydrogen-bond acceptors (Lipinski definition) is 2. The Kier molecular flexibility index (Phi) is 3.97. The second-order valence-corrected chi connectivity index (χ2v) is 5.55. The van der Waals surface area contributed by atoms with E-state index in [4.69, 9.17) is 0 Å². The van der Waals surface area contributed by atoms with Gasteiger partial charge in [-0.25, -0.2) is 0 Å². The van der Waals surface area contributed by atoms with Crippen molar-refractivity contribution >= 4 is 32.7 Å². The molecule has 0 unspecified atom stereocenters. The van der Waals surface area contributed by atoms with Gasteiger partial charge in [0, 0.05) is 22.6 Å². The van der Waals surface area contributed by atoms with Crippen LogP contribution in [0.5, 0.6) is 0 Å². The van der Waals surface area contributed by atoms with Gasteiger partial charge in [0.2, 0.25) is 0 Å². The summed E-state index contributed by atoms with van der Waals surface area (Å²) in [6.07, 6.45) is 1.77. The Morgan fingerprint density at radius 2 is 1.95 bits per heavy atom. The van der Waals surface area contributed by atoms with Crippen LogP contribution in [0.1, 0.15) is 15.9 Å². The van der Waals surface area contributed by atoms with Gasteiger partial charge >= 0.3 is 0 Å². The molecule has 0 aliphatic carbocycles. The fourth-order valence-corrected chi connectivity index (χ4v) is 2.62. The molecule has 1 aromatic heterocycles. The zero-order valence-corrected chi connectivity index (χ0v) is 12.8. The first-order chi connectivity index (χ1) is 10.2. The van der Waals surface area contributed by atoms with Crippen LogP contribution in [0.15, 0.2) is 65.3 Å². The predicted molar refractivity (Wildman–Crippen MR) is 87.1 cm³/mol. The largest absolute Gasteiger partial charge is 0.348 e. The minimum Gasteiger partial charge on any atom is -0.348 e. The molecule has 4 heteroatoms. The summed E-state index contributed by atoms with van der Waals surface area (Å²) in [5.74, 6) is -0.0891. The summed E-state index contributed by atoms with van der Waals surface area (Å²) in [5.41, 5.74) is 2.65. The smallest absolute Gasteiger partial charge is 0.252 e. The third-order valence-electron chi connectivity index (χ3n) is 3.24. The van der Waals surface area contributed by atoms with E-state index in [0.717, 1.165) is 20.9 Å². The highest BCUT2D eigenvalue weighted by atomic mass is 79.9. The number of halogens is 1. The molecule has 2 aromatic carbocycles. The first kappa shape index (κ1) is 13.8. The van der Waals surface area contributed by atoms with Gasteiger partial charge in [0.25, 0.3) is 5.91 Å². The number of amides is 1. The van der Waals surface area contributed by atoms with Crippen molar-refractivity contribution in [2.45, 2.75) is 6.54 Å². The molecule has 0 aliphatic heterocycles. The van der Waals surface area contributed by atoms with E-state index in [9.17, 15) is 4.79 Å². The topological polar surface area (TPSA) is 42.0 Å². The van der Waals surface area contributed by atoms with Gasteiger partial charge in [-0.2, -0.15) is 0 Å². The van der Waals surface area contributed by atoms with Crippen molar-refractivity contribution in [1.82, 2.24) is 10.3 Å². The summed E-state index contributed by atoms with van der Waals surface area (Å²) in [6, 6.07) is 17.3. The molecule has 3 rings (SSSR count). The van der Waals surface area contributed by atoms with Gasteiger partial charge in [0.1, 0.15) is 0 Å². The number of benzene rings is 2. The molecule has 0 fully saturated rings. The van der Waals surface area contributed by atoms with Crippen molar-refractivity contribution < 1.29 is 4.79 Å². The van der Waals surface area contributed by atoms with Crippen LogP contribution in [0, 0.1) is 0 Å². The molecular formula is C17H13BrN2O. The summed E-state index contributed by atoms with van der Waals surface area (Å²) >= 11 is 3.39. The molecule has 0 aliphatic rings. The van der Waals surface area contributed by atoms with E-state index in [1.54, 1.807) is 12.3 Å². The number of nitrogens with one attached hydrogen (secondary N) is 1. The molecule has 1 heterocycles. The Hall–Kier alpha value is -2.20. The summed E-state index contributed by atoms with van der Waals surface area (Å²) in [6.45, 7) is 0.491. The lowest BCUT2D eigenvalue weighted by Gasteiger charge is -2.07. The van der Waals surface area contributed by atoms with Crippen LogP contribution in [0.4, 0.5) is 0 Å². The van der Waals surface area contributed by atoms with E-state index in [0.29, 0.717) is 12.1 Å². The van der Waals surface area contributed by atoms with Gasteiger partial charge in [-0.3, -0.25) is 9.78 Å². The van der Waals surface area contributed by atoms with Crippen molar-refractivity contribution in [2.75, 3.05) is 0 Å². The molecule has 0 radical (unpaired) electrons. The van der Waals surface area contributed by atoms with Crippen LogP contribution in [0.2, 0.25) is 0 Å². The third-order valence-corrected chi connectivity index (χ3v) is 3.93. The van der Waals surface area contributed by atoms with Crippen molar-refractivity contribution in [3.05, 3.63) is 76.4 Å². The summed E-state index contributed by atoms with van der Waals surface area (Å²) in [7, 11) is 0. The highest BCUT2D eigenvalue weighted by Gasteiger charge is 2.08. The van der Waals surface area contributed by atoms with Crippen LogP contribution in [0.25, 0.3) is 10.9 Å². The van der Waals surface area contributed by atoms with Gasteiger partial charge < -0.3 is 5.32 Å². The van der Waals surface area contributed by atoms with Gasteiger partial charge in [0.05, 0.1) is 11.1 Å². The Balaban J connectivity index is 1.74. The average molecular weight is 341 g/mol. The third kappa shape index (κ3) is 3.11. The first-order valence-electron chi connectivity index (χ1n) is 6.60. The number of pyridine rings is 1. The minimum absolute atomic E-state index is 0.0891. The monoisotopic (exact) mass is 340 g/mol. The Morgan fingerprint density at radius 3 is 2.81 bits per heavy atom. The van der Waals surface area contributed by atoms with Crippen LogP contribution >= 0.6 is 15.9 Å². The standard InChI is InChI=1S/C17H13BrN2O/c18-15-6-2-1-5-14(15)17(21)20-11-12-7-8-16-13(10-12)4-3-9-19-16/h1-10H,11H2,(H,20,21). The number of hydrogen-bond donors (Lipinski definition) is 1. The zero-order valence-electron chi connectivity index (χ0n) is 11.2. The summed E-state index contributed by atoms with van der Waals surface area (Å²) < 4.78 is 0.796. The van der Waals surface area contributed by atoms with Crippen LogP contribution in [-0.2, 0) is 6.54 Å². The highest BCUT2D eigenvalue weighted by Crippen LogP contribution is 2.16. The van der Waals surface area contributed by atoms with Crippen molar-refractivity contribution in [1.29, 1.82) is 0 Å². The van der Waals surface area contributed by atoms with E-state index in [1.165, 1.54) is 0 Å². The second-order valence-electron chi connectivity index (χ2n) is 4.69. The molecular weight excluding hydrogens is 328 g/mol.